The molecule has 2 aromatic rings. The third-order valence-corrected chi connectivity index (χ3v) is 3.49. The topological polar surface area (TPSA) is 111 Å². The molecule has 1 aromatic heterocycles. The van der Waals surface area contributed by atoms with Gasteiger partial charge in [0.1, 0.15) is 0 Å². The molecule has 2 N–H and O–H groups in total. The highest BCUT2D eigenvalue weighted by molar-refractivity contribution is 5.95. The van der Waals surface area contributed by atoms with E-state index in [9.17, 15) is 14.4 Å². The Morgan fingerprint density at radius 2 is 1.92 bits per heavy atom. The number of benzene rings is 1. The van der Waals surface area contributed by atoms with Crippen molar-refractivity contribution in [3.63, 3.8) is 0 Å². The Bertz CT molecular complexity index is 797. The van der Waals surface area contributed by atoms with Crippen LogP contribution in [0.15, 0.2) is 28.8 Å². The molecular weight excluding hydrogens is 326 g/mol. The largest absolute Gasteiger partial charge is 0.450 e. The van der Waals surface area contributed by atoms with E-state index in [0.29, 0.717) is 11.4 Å². The van der Waals surface area contributed by atoms with Crippen LogP contribution in [0.3, 0.4) is 0 Å². The predicted molar refractivity (Wildman–Crippen MR) is 89.1 cm³/mol. The van der Waals surface area contributed by atoms with E-state index in [1.807, 2.05) is 26.0 Å². The van der Waals surface area contributed by atoms with Gasteiger partial charge in [0.25, 0.3) is 5.91 Å². The number of amides is 2. The summed E-state index contributed by atoms with van der Waals surface area (Å²) in [6, 6.07) is 6.96. The van der Waals surface area contributed by atoms with E-state index in [0.717, 1.165) is 11.1 Å². The minimum Gasteiger partial charge on any atom is -0.450 e. The molecule has 0 saturated carbocycles. The monoisotopic (exact) mass is 345 g/mol. The Hall–Kier alpha value is -3.16. The summed E-state index contributed by atoms with van der Waals surface area (Å²) in [6.45, 7) is 4.74. The van der Waals surface area contributed by atoms with Crippen LogP contribution in [-0.2, 0) is 14.3 Å². The normalized spacial score (nSPS) is 10.2. The summed E-state index contributed by atoms with van der Waals surface area (Å²) in [7, 11) is 0. The molecule has 8 heteroatoms. The highest BCUT2D eigenvalue weighted by Crippen LogP contribution is 2.17. The molecule has 0 bridgehead atoms. The van der Waals surface area contributed by atoms with E-state index in [1.165, 1.54) is 6.07 Å². The molecule has 0 spiro atoms. The quantitative estimate of drug-likeness (QED) is 0.768. The number of carbonyl (C=O) groups excluding carboxylic acids is 3. The SMILES string of the molecule is Cc1cc(C(=O)OCC(=O)NCC(=O)Nc2cccc(C)c2C)on1. The predicted octanol–water partition coefficient (Wildman–Crippen LogP) is 1.51. The number of hydrogen-bond acceptors (Lipinski definition) is 6. The first-order chi connectivity index (χ1) is 11.9. The Labute approximate surface area is 144 Å². The molecule has 0 saturated heterocycles. The van der Waals surface area contributed by atoms with E-state index in [-0.39, 0.29) is 18.2 Å². The van der Waals surface area contributed by atoms with Gasteiger partial charge < -0.3 is 19.9 Å². The van der Waals surface area contributed by atoms with Gasteiger partial charge in [-0.3, -0.25) is 9.59 Å². The molecular formula is C17H19N3O5. The van der Waals surface area contributed by atoms with Gasteiger partial charge in [-0.1, -0.05) is 17.3 Å². The molecule has 0 aliphatic heterocycles. The van der Waals surface area contributed by atoms with Crippen molar-refractivity contribution in [2.45, 2.75) is 20.8 Å². The second-order valence-corrected chi connectivity index (χ2v) is 5.48. The van der Waals surface area contributed by atoms with Crippen LogP contribution in [0.2, 0.25) is 0 Å². The lowest BCUT2D eigenvalue weighted by Gasteiger charge is -2.11. The van der Waals surface area contributed by atoms with Crippen LogP contribution in [0.25, 0.3) is 0 Å². The Morgan fingerprint density at radius 1 is 1.16 bits per heavy atom. The number of carbonyl (C=O) groups is 3. The molecule has 1 heterocycles. The molecule has 0 aliphatic rings. The number of rotatable bonds is 6. The molecule has 0 fully saturated rings. The van der Waals surface area contributed by atoms with Gasteiger partial charge in [-0.25, -0.2) is 4.79 Å². The summed E-state index contributed by atoms with van der Waals surface area (Å²) in [4.78, 5) is 35.1. The summed E-state index contributed by atoms with van der Waals surface area (Å²) in [5.74, 6) is -1.85. The van der Waals surface area contributed by atoms with Crippen LogP contribution in [-0.4, -0.2) is 36.1 Å². The molecule has 1 aromatic carbocycles. The van der Waals surface area contributed by atoms with Crippen LogP contribution in [0.1, 0.15) is 27.4 Å². The number of nitrogens with one attached hydrogen (secondary N) is 2. The van der Waals surface area contributed by atoms with Crippen molar-refractivity contribution in [2.75, 3.05) is 18.5 Å². The molecule has 0 atom stereocenters. The first kappa shape index (κ1) is 18.2. The summed E-state index contributed by atoms with van der Waals surface area (Å²) in [5.41, 5.74) is 3.22. The maximum absolute atomic E-state index is 11.9. The zero-order valence-electron chi connectivity index (χ0n) is 14.2. The average molecular weight is 345 g/mol. The van der Waals surface area contributed by atoms with Crippen molar-refractivity contribution in [3.8, 4) is 0 Å². The fraction of sp³-hybridized carbons (Fsp3) is 0.294. The molecule has 132 valence electrons. The lowest BCUT2D eigenvalue weighted by atomic mass is 10.1. The van der Waals surface area contributed by atoms with Gasteiger partial charge in [-0.15, -0.1) is 0 Å². The maximum Gasteiger partial charge on any atom is 0.377 e. The van der Waals surface area contributed by atoms with Crippen LogP contribution in [0.4, 0.5) is 5.69 Å². The lowest BCUT2D eigenvalue weighted by Crippen LogP contribution is -2.35. The van der Waals surface area contributed by atoms with Gasteiger partial charge in [0.05, 0.1) is 12.2 Å². The number of aryl methyl sites for hydroxylation is 2. The third kappa shape index (κ3) is 5.17. The van der Waals surface area contributed by atoms with E-state index >= 15 is 0 Å². The fourth-order valence-corrected chi connectivity index (χ4v) is 1.97. The first-order valence-electron chi connectivity index (χ1n) is 7.60. The molecule has 2 amide bonds. The van der Waals surface area contributed by atoms with E-state index in [1.54, 1.807) is 13.0 Å². The Kier molecular flexibility index (Phi) is 5.89. The van der Waals surface area contributed by atoms with Crippen molar-refractivity contribution in [1.29, 1.82) is 0 Å². The molecule has 25 heavy (non-hydrogen) atoms. The summed E-state index contributed by atoms with van der Waals surface area (Å²) >= 11 is 0. The second kappa shape index (κ2) is 8.09. The third-order valence-electron chi connectivity index (χ3n) is 3.49. The van der Waals surface area contributed by atoms with Gasteiger partial charge in [0.15, 0.2) is 6.61 Å². The standard InChI is InChI=1S/C17H19N3O5/c1-10-5-4-6-13(12(10)3)19-15(21)8-18-16(22)9-24-17(23)14-7-11(2)20-25-14/h4-7H,8-9H2,1-3H3,(H,18,22)(H,19,21). The number of esters is 1. The van der Waals surface area contributed by atoms with Crippen LogP contribution in [0.5, 0.6) is 0 Å². The lowest BCUT2D eigenvalue weighted by molar-refractivity contribution is -0.126. The number of nitrogens with zero attached hydrogens (tertiary/aromatic N) is 1. The highest BCUT2D eigenvalue weighted by atomic mass is 16.6. The van der Waals surface area contributed by atoms with Gasteiger partial charge in [0.2, 0.25) is 11.7 Å². The molecule has 0 radical (unpaired) electrons. The van der Waals surface area contributed by atoms with Crippen molar-refractivity contribution in [1.82, 2.24) is 10.5 Å². The van der Waals surface area contributed by atoms with Crippen molar-refractivity contribution in [2.24, 2.45) is 0 Å². The van der Waals surface area contributed by atoms with Crippen molar-refractivity contribution < 1.29 is 23.6 Å². The number of anilines is 1. The molecule has 0 unspecified atom stereocenters. The minimum absolute atomic E-state index is 0.0852. The van der Waals surface area contributed by atoms with Crippen LogP contribution in [0, 0.1) is 20.8 Å². The van der Waals surface area contributed by atoms with E-state index in [4.69, 9.17) is 9.26 Å². The summed E-state index contributed by atoms with van der Waals surface area (Å²) in [5, 5.41) is 8.64. The smallest absolute Gasteiger partial charge is 0.377 e. The van der Waals surface area contributed by atoms with E-state index in [2.05, 4.69) is 15.8 Å². The Balaban J connectivity index is 1.75. The first-order valence-corrected chi connectivity index (χ1v) is 7.60. The highest BCUT2D eigenvalue weighted by Gasteiger charge is 2.15. The van der Waals surface area contributed by atoms with Gasteiger partial charge in [-0.05, 0) is 38.0 Å². The zero-order valence-corrected chi connectivity index (χ0v) is 14.2. The second-order valence-electron chi connectivity index (χ2n) is 5.48. The van der Waals surface area contributed by atoms with Crippen LogP contribution < -0.4 is 10.6 Å². The Morgan fingerprint density at radius 3 is 2.60 bits per heavy atom. The van der Waals surface area contributed by atoms with E-state index < -0.39 is 18.5 Å². The van der Waals surface area contributed by atoms with Gasteiger partial charge in [-0.2, -0.15) is 0 Å². The summed E-state index contributed by atoms with van der Waals surface area (Å²) < 4.78 is 9.50. The molecule has 8 nitrogen and oxygen atoms in total. The minimum atomic E-state index is -0.796. The molecule has 2 rings (SSSR count). The van der Waals surface area contributed by atoms with Gasteiger partial charge >= 0.3 is 5.97 Å². The molecule has 0 aliphatic carbocycles. The number of hydrogen-bond donors (Lipinski definition) is 2. The number of ether oxygens (including phenoxy) is 1. The summed E-state index contributed by atoms with van der Waals surface area (Å²) in [6.07, 6.45) is 0. The van der Waals surface area contributed by atoms with Crippen LogP contribution >= 0.6 is 0 Å². The maximum atomic E-state index is 11.9. The fourth-order valence-electron chi connectivity index (χ4n) is 1.97. The van der Waals surface area contributed by atoms with Crippen molar-refractivity contribution >= 4 is 23.5 Å². The van der Waals surface area contributed by atoms with Gasteiger partial charge in [0, 0.05) is 11.8 Å². The number of aromatic nitrogens is 1. The van der Waals surface area contributed by atoms with Crippen molar-refractivity contribution in [3.05, 3.63) is 46.8 Å². The average Bonchev–Trinajstić information content (AvgIpc) is 3.01. The zero-order chi connectivity index (χ0) is 18.4.